The molecule has 1 saturated heterocycles. The zero-order chi connectivity index (χ0) is 20.8. The molecule has 152 valence electrons. The monoisotopic (exact) mass is 413 g/mol. The van der Waals surface area contributed by atoms with Crippen LogP contribution in [0.1, 0.15) is 40.0 Å². The minimum atomic E-state index is -3.02. The minimum absolute atomic E-state index is 0.0846. The van der Waals surface area contributed by atoms with E-state index in [0.29, 0.717) is 35.0 Å². The number of nitrogens with zero attached hydrogens (tertiary/aromatic N) is 3. The Morgan fingerprint density at radius 1 is 1.21 bits per heavy atom. The second kappa shape index (κ2) is 7.14. The standard InChI is InChI=1S/C20H23N5O3S/c1-12-18(22-19(21-12)15-7-5-4-6-8-15)20(26)23-17-13(2)24-25(14(17)3)16-9-10-29(27,28)11-16/h4-8,16H,9-11H2,1-3H3,(H,21,22)(H,23,26). The molecule has 1 aliphatic rings. The summed E-state index contributed by atoms with van der Waals surface area (Å²) < 4.78 is 25.4. The molecule has 1 unspecified atom stereocenters. The molecule has 1 atom stereocenters. The van der Waals surface area contributed by atoms with Crippen molar-refractivity contribution in [3.8, 4) is 11.4 Å². The molecule has 29 heavy (non-hydrogen) atoms. The largest absolute Gasteiger partial charge is 0.341 e. The Bertz CT molecular complexity index is 1180. The first kappa shape index (κ1) is 19.4. The number of aromatic nitrogens is 4. The van der Waals surface area contributed by atoms with E-state index in [9.17, 15) is 13.2 Å². The van der Waals surface area contributed by atoms with Crippen molar-refractivity contribution in [2.75, 3.05) is 16.8 Å². The summed E-state index contributed by atoms with van der Waals surface area (Å²) in [5, 5.41) is 7.40. The maximum absolute atomic E-state index is 12.9. The molecule has 2 N–H and O–H groups in total. The number of H-pyrrole nitrogens is 1. The summed E-state index contributed by atoms with van der Waals surface area (Å²) >= 11 is 0. The SMILES string of the molecule is Cc1nn(C2CCS(=O)(=O)C2)c(C)c1NC(=O)c1nc(-c2ccccc2)[nH]c1C. The number of aromatic amines is 1. The smallest absolute Gasteiger partial charge is 0.276 e. The first-order valence-electron chi connectivity index (χ1n) is 9.44. The lowest BCUT2D eigenvalue weighted by molar-refractivity contribution is 0.102. The van der Waals surface area contributed by atoms with Gasteiger partial charge < -0.3 is 10.3 Å². The Balaban J connectivity index is 1.59. The van der Waals surface area contributed by atoms with Crippen molar-refractivity contribution in [1.29, 1.82) is 0 Å². The highest BCUT2D eigenvalue weighted by Gasteiger charge is 2.32. The van der Waals surface area contributed by atoms with Crippen molar-refractivity contribution >= 4 is 21.4 Å². The van der Waals surface area contributed by atoms with Crippen molar-refractivity contribution in [1.82, 2.24) is 19.7 Å². The third-order valence-electron chi connectivity index (χ3n) is 5.26. The van der Waals surface area contributed by atoms with Crippen LogP contribution in [0.3, 0.4) is 0 Å². The van der Waals surface area contributed by atoms with Crippen LogP contribution in [0, 0.1) is 20.8 Å². The first-order chi connectivity index (χ1) is 13.7. The third kappa shape index (κ3) is 3.69. The van der Waals surface area contributed by atoms with E-state index in [1.54, 1.807) is 18.5 Å². The summed E-state index contributed by atoms with van der Waals surface area (Å²) in [5.41, 5.74) is 3.89. The quantitative estimate of drug-likeness (QED) is 0.683. The molecule has 1 aromatic carbocycles. The highest BCUT2D eigenvalue weighted by molar-refractivity contribution is 7.91. The zero-order valence-corrected chi connectivity index (χ0v) is 17.4. The van der Waals surface area contributed by atoms with Gasteiger partial charge in [0.15, 0.2) is 9.84 Å². The van der Waals surface area contributed by atoms with Gasteiger partial charge in [-0.3, -0.25) is 9.48 Å². The number of carbonyl (C=O) groups excluding carboxylic acids is 1. The summed E-state index contributed by atoms with van der Waals surface area (Å²) in [5.74, 6) is 0.563. The number of imidazole rings is 1. The van der Waals surface area contributed by atoms with E-state index in [1.165, 1.54) is 0 Å². The molecule has 0 aliphatic carbocycles. The molecular formula is C20H23N5O3S. The van der Waals surface area contributed by atoms with Gasteiger partial charge in [0.1, 0.15) is 11.5 Å². The molecule has 2 aromatic heterocycles. The zero-order valence-electron chi connectivity index (χ0n) is 16.6. The number of hydrogen-bond acceptors (Lipinski definition) is 5. The van der Waals surface area contributed by atoms with Crippen molar-refractivity contribution in [2.45, 2.75) is 33.2 Å². The van der Waals surface area contributed by atoms with Gasteiger partial charge in [-0.15, -0.1) is 0 Å². The van der Waals surface area contributed by atoms with E-state index in [2.05, 4.69) is 20.4 Å². The fourth-order valence-electron chi connectivity index (χ4n) is 3.75. The van der Waals surface area contributed by atoms with Crippen LogP contribution < -0.4 is 5.32 Å². The second-order valence-electron chi connectivity index (χ2n) is 7.43. The number of carbonyl (C=O) groups is 1. The summed E-state index contributed by atoms with van der Waals surface area (Å²) in [6.07, 6.45) is 0.538. The number of anilines is 1. The Labute approximate surface area is 169 Å². The number of rotatable bonds is 4. The Hall–Kier alpha value is -2.94. The van der Waals surface area contributed by atoms with Gasteiger partial charge in [0.25, 0.3) is 5.91 Å². The maximum atomic E-state index is 12.9. The highest BCUT2D eigenvalue weighted by Crippen LogP contribution is 2.29. The van der Waals surface area contributed by atoms with Crippen molar-refractivity contribution in [3.63, 3.8) is 0 Å². The van der Waals surface area contributed by atoms with Crippen LogP contribution >= 0.6 is 0 Å². The van der Waals surface area contributed by atoms with Crippen molar-refractivity contribution < 1.29 is 13.2 Å². The molecule has 1 amide bonds. The average molecular weight is 414 g/mol. The normalized spacial score (nSPS) is 18.1. The van der Waals surface area contributed by atoms with Gasteiger partial charge in [0, 0.05) is 11.3 Å². The fraction of sp³-hybridized carbons (Fsp3) is 0.350. The van der Waals surface area contributed by atoms with Crippen LogP contribution in [-0.2, 0) is 9.84 Å². The molecule has 3 aromatic rings. The lowest BCUT2D eigenvalue weighted by Crippen LogP contribution is -2.16. The molecule has 1 fully saturated rings. The van der Waals surface area contributed by atoms with Gasteiger partial charge in [-0.05, 0) is 27.2 Å². The molecule has 9 heteroatoms. The van der Waals surface area contributed by atoms with E-state index in [1.807, 2.05) is 37.3 Å². The highest BCUT2D eigenvalue weighted by atomic mass is 32.2. The van der Waals surface area contributed by atoms with Crippen LogP contribution in [0.5, 0.6) is 0 Å². The first-order valence-corrected chi connectivity index (χ1v) is 11.3. The topological polar surface area (TPSA) is 110 Å². The van der Waals surface area contributed by atoms with Crippen molar-refractivity contribution in [2.24, 2.45) is 0 Å². The molecule has 0 bridgehead atoms. The van der Waals surface area contributed by atoms with E-state index >= 15 is 0 Å². The Morgan fingerprint density at radius 2 is 1.93 bits per heavy atom. The number of amides is 1. The van der Waals surface area contributed by atoms with Crippen LogP contribution in [0.4, 0.5) is 5.69 Å². The Kier molecular flexibility index (Phi) is 4.77. The Morgan fingerprint density at radius 3 is 2.59 bits per heavy atom. The van der Waals surface area contributed by atoms with Gasteiger partial charge in [-0.2, -0.15) is 5.10 Å². The fourth-order valence-corrected chi connectivity index (χ4v) is 5.45. The summed E-state index contributed by atoms with van der Waals surface area (Å²) in [6.45, 7) is 5.45. The lowest BCUT2D eigenvalue weighted by atomic mass is 10.2. The number of nitrogens with one attached hydrogen (secondary N) is 2. The van der Waals surface area contributed by atoms with Crippen LogP contribution in [0.25, 0.3) is 11.4 Å². The van der Waals surface area contributed by atoms with Gasteiger partial charge in [0.05, 0.1) is 34.6 Å². The average Bonchev–Trinajstić information content (AvgIpc) is 3.33. The number of benzene rings is 1. The molecule has 3 heterocycles. The number of aryl methyl sites for hydroxylation is 2. The number of sulfone groups is 1. The van der Waals surface area contributed by atoms with E-state index < -0.39 is 9.84 Å². The predicted molar refractivity (Wildman–Crippen MR) is 111 cm³/mol. The summed E-state index contributed by atoms with van der Waals surface area (Å²) in [4.78, 5) is 20.5. The van der Waals surface area contributed by atoms with Gasteiger partial charge in [-0.25, -0.2) is 13.4 Å². The van der Waals surface area contributed by atoms with Crippen LogP contribution in [0.15, 0.2) is 30.3 Å². The second-order valence-corrected chi connectivity index (χ2v) is 9.66. The lowest BCUT2D eigenvalue weighted by Gasteiger charge is -2.11. The maximum Gasteiger partial charge on any atom is 0.276 e. The molecule has 4 rings (SSSR count). The predicted octanol–water partition coefficient (Wildman–Crippen LogP) is 2.81. The van der Waals surface area contributed by atoms with Crippen LogP contribution in [0.2, 0.25) is 0 Å². The van der Waals surface area contributed by atoms with Crippen molar-refractivity contribution in [3.05, 3.63) is 53.1 Å². The molecule has 0 saturated carbocycles. The van der Waals surface area contributed by atoms with E-state index in [4.69, 9.17) is 0 Å². The molecule has 8 nitrogen and oxygen atoms in total. The van der Waals surface area contributed by atoms with Gasteiger partial charge >= 0.3 is 0 Å². The summed E-state index contributed by atoms with van der Waals surface area (Å²) in [7, 11) is -3.02. The number of hydrogen-bond donors (Lipinski definition) is 2. The summed E-state index contributed by atoms with van der Waals surface area (Å²) in [6, 6.07) is 9.41. The minimum Gasteiger partial charge on any atom is -0.341 e. The third-order valence-corrected chi connectivity index (χ3v) is 7.02. The van der Waals surface area contributed by atoms with E-state index in [0.717, 1.165) is 11.3 Å². The molecule has 0 radical (unpaired) electrons. The molecule has 1 aliphatic heterocycles. The van der Waals surface area contributed by atoms with Gasteiger partial charge in [0.2, 0.25) is 0 Å². The molecule has 0 spiro atoms. The van der Waals surface area contributed by atoms with Gasteiger partial charge in [-0.1, -0.05) is 30.3 Å². The molecular weight excluding hydrogens is 390 g/mol. The van der Waals surface area contributed by atoms with Crippen LogP contribution in [-0.4, -0.2) is 45.6 Å². The van der Waals surface area contributed by atoms with E-state index in [-0.39, 0.29) is 23.5 Å².